The Kier molecular flexibility index (Phi) is 3.27. The van der Waals surface area contributed by atoms with Gasteiger partial charge in [-0.25, -0.2) is 18.1 Å². The molecule has 0 atom stereocenters. The molecule has 0 radical (unpaired) electrons. The monoisotopic (exact) mass is 282 g/mol. The summed E-state index contributed by atoms with van der Waals surface area (Å²) in [5.41, 5.74) is 0.0316. The van der Waals surface area contributed by atoms with Crippen LogP contribution in [0.3, 0.4) is 0 Å². The molecule has 6 nitrogen and oxygen atoms in total. The van der Waals surface area contributed by atoms with Crippen LogP contribution in [-0.2, 0) is 10.0 Å². The predicted octanol–water partition coefficient (Wildman–Crippen LogP) is 1.45. The van der Waals surface area contributed by atoms with E-state index in [0.717, 1.165) is 0 Å². The fourth-order valence-corrected chi connectivity index (χ4v) is 3.56. The van der Waals surface area contributed by atoms with Gasteiger partial charge < -0.3 is 5.32 Å². The Balaban J connectivity index is 2.67. The van der Waals surface area contributed by atoms with Crippen molar-refractivity contribution in [3.05, 3.63) is 24.4 Å². The van der Waals surface area contributed by atoms with E-state index in [2.05, 4.69) is 15.0 Å². The van der Waals surface area contributed by atoms with E-state index in [1.165, 1.54) is 0 Å². The number of fused-ring (bicyclic) bond motifs is 1. The molecule has 0 unspecified atom stereocenters. The molecule has 0 amide bonds. The first-order valence-electron chi connectivity index (χ1n) is 5.93. The van der Waals surface area contributed by atoms with Gasteiger partial charge in [0.2, 0.25) is 0 Å². The van der Waals surface area contributed by atoms with Crippen LogP contribution < -0.4 is 10.0 Å². The number of pyridine rings is 1. The lowest BCUT2D eigenvalue weighted by atomic mass is 10.1. The molecule has 0 saturated carbocycles. The Morgan fingerprint density at radius 3 is 2.53 bits per heavy atom. The van der Waals surface area contributed by atoms with Crippen LogP contribution in [-0.4, -0.2) is 30.4 Å². The van der Waals surface area contributed by atoms with Crippen LogP contribution in [0.15, 0.2) is 29.4 Å². The van der Waals surface area contributed by atoms with E-state index in [1.807, 2.05) is 6.07 Å². The van der Waals surface area contributed by atoms with Gasteiger partial charge in [-0.2, -0.15) is 0 Å². The first-order chi connectivity index (χ1) is 8.74. The van der Waals surface area contributed by atoms with Crippen molar-refractivity contribution < 1.29 is 8.42 Å². The summed E-state index contributed by atoms with van der Waals surface area (Å²) in [7, 11) is -2.01. The number of rotatable bonds is 3. The topological polar surface area (TPSA) is 75.5 Å². The van der Waals surface area contributed by atoms with Crippen LogP contribution >= 0.6 is 0 Å². The van der Waals surface area contributed by atoms with Gasteiger partial charge in [0.15, 0.2) is 10.8 Å². The first kappa shape index (κ1) is 13.8. The third-order valence-electron chi connectivity index (χ3n) is 2.42. The molecule has 104 valence electrons. The summed E-state index contributed by atoms with van der Waals surface area (Å²) >= 11 is 0. The highest BCUT2D eigenvalue weighted by Gasteiger charge is 2.28. The first-order valence-corrected chi connectivity index (χ1v) is 7.42. The van der Waals surface area contributed by atoms with Crippen molar-refractivity contribution in [3.8, 4) is 0 Å². The molecule has 2 heterocycles. The normalized spacial score (nSPS) is 12.8. The molecule has 0 saturated heterocycles. The average Bonchev–Trinajstić information content (AvgIpc) is 2.64. The molecular formula is C12H18N4O2S. The molecule has 19 heavy (non-hydrogen) atoms. The van der Waals surface area contributed by atoms with E-state index in [0.29, 0.717) is 11.5 Å². The number of nitrogens with one attached hydrogen (secondary N) is 2. The number of hydrogen-bond donors (Lipinski definition) is 2. The molecule has 7 heteroatoms. The van der Waals surface area contributed by atoms with Crippen LogP contribution in [0.5, 0.6) is 0 Å². The van der Waals surface area contributed by atoms with Gasteiger partial charge in [-0.15, -0.1) is 0 Å². The molecule has 0 aliphatic heterocycles. The van der Waals surface area contributed by atoms with E-state index in [1.54, 1.807) is 50.5 Å². The maximum absolute atomic E-state index is 12.5. The molecule has 2 rings (SSSR count). The summed E-state index contributed by atoms with van der Waals surface area (Å²) in [6.07, 6.45) is 1.68. The van der Waals surface area contributed by atoms with E-state index in [9.17, 15) is 8.42 Å². The lowest BCUT2D eigenvalue weighted by Crippen LogP contribution is -2.41. The lowest BCUT2D eigenvalue weighted by Gasteiger charge is -2.20. The van der Waals surface area contributed by atoms with Crippen LogP contribution in [0.2, 0.25) is 0 Å². The second kappa shape index (κ2) is 4.50. The molecular weight excluding hydrogens is 264 g/mol. The van der Waals surface area contributed by atoms with Crippen molar-refractivity contribution in [2.45, 2.75) is 31.3 Å². The second-order valence-corrected chi connectivity index (χ2v) is 6.90. The van der Waals surface area contributed by atoms with Gasteiger partial charge in [0.25, 0.3) is 10.0 Å². The molecule has 0 aromatic carbocycles. The zero-order chi connectivity index (χ0) is 14.3. The van der Waals surface area contributed by atoms with E-state index in [-0.39, 0.29) is 5.03 Å². The number of anilines is 1. The van der Waals surface area contributed by atoms with Crippen LogP contribution in [0.1, 0.15) is 20.8 Å². The lowest BCUT2D eigenvalue weighted by molar-refractivity contribution is 0.489. The standard InChI is InChI=1S/C12H18N4O2S/c1-12(2,3)15-19(17,18)11-10(13-4)14-9-7-5-6-8-16(9)11/h5-8,13,15H,1-4H3. The number of nitrogens with zero attached hydrogens (tertiary/aromatic N) is 2. The number of sulfonamides is 1. The minimum Gasteiger partial charge on any atom is -0.371 e. The maximum atomic E-state index is 12.5. The maximum Gasteiger partial charge on any atom is 0.260 e. The molecule has 2 aromatic rings. The fraction of sp³-hybridized carbons (Fsp3) is 0.417. The molecule has 0 fully saturated rings. The predicted molar refractivity (Wildman–Crippen MR) is 74.8 cm³/mol. The zero-order valence-corrected chi connectivity index (χ0v) is 12.2. The molecule has 0 spiro atoms. The van der Waals surface area contributed by atoms with Crippen molar-refractivity contribution >= 4 is 21.5 Å². The van der Waals surface area contributed by atoms with Crippen LogP contribution in [0.4, 0.5) is 5.82 Å². The Bertz CT molecular complexity index is 698. The summed E-state index contributed by atoms with van der Waals surface area (Å²) in [6.45, 7) is 5.40. The van der Waals surface area contributed by atoms with Gasteiger partial charge in [0.05, 0.1) is 0 Å². The largest absolute Gasteiger partial charge is 0.371 e. The van der Waals surface area contributed by atoms with Crippen molar-refractivity contribution in [3.63, 3.8) is 0 Å². The molecule has 2 N–H and O–H groups in total. The van der Waals surface area contributed by atoms with Gasteiger partial charge in [-0.1, -0.05) is 6.07 Å². The van der Waals surface area contributed by atoms with Crippen LogP contribution in [0.25, 0.3) is 5.65 Å². The Morgan fingerprint density at radius 2 is 1.95 bits per heavy atom. The van der Waals surface area contributed by atoms with Gasteiger partial charge in [0, 0.05) is 18.8 Å². The van der Waals surface area contributed by atoms with Crippen molar-refractivity contribution in [2.75, 3.05) is 12.4 Å². The minimum atomic E-state index is -3.66. The molecule has 0 bridgehead atoms. The van der Waals surface area contributed by atoms with Crippen molar-refractivity contribution in [1.82, 2.24) is 14.1 Å². The van der Waals surface area contributed by atoms with Crippen LogP contribution in [0, 0.1) is 0 Å². The number of aromatic nitrogens is 2. The average molecular weight is 282 g/mol. The molecule has 2 aromatic heterocycles. The van der Waals surface area contributed by atoms with Crippen molar-refractivity contribution in [2.24, 2.45) is 0 Å². The summed E-state index contributed by atoms with van der Waals surface area (Å²) in [6, 6.07) is 5.34. The summed E-state index contributed by atoms with van der Waals surface area (Å²) in [5, 5.41) is 2.95. The van der Waals surface area contributed by atoms with Gasteiger partial charge in [0.1, 0.15) is 5.65 Å². The van der Waals surface area contributed by atoms with E-state index in [4.69, 9.17) is 0 Å². The molecule has 0 aliphatic carbocycles. The Morgan fingerprint density at radius 1 is 1.26 bits per heavy atom. The SMILES string of the molecule is CNc1nc2ccccn2c1S(=O)(=O)NC(C)(C)C. The highest BCUT2D eigenvalue weighted by Crippen LogP contribution is 2.23. The highest BCUT2D eigenvalue weighted by molar-refractivity contribution is 7.89. The summed E-state index contributed by atoms with van der Waals surface area (Å²) in [5.74, 6) is 0.336. The van der Waals surface area contributed by atoms with E-state index >= 15 is 0 Å². The zero-order valence-electron chi connectivity index (χ0n) is 11.4. The number of imidazole rings is 1. The fourth-order valence-electron chi connectivity index (χ4n) is 1.84. The smallest absolute Gasteiger partial charge is 0.260 e. The van der Waals surface area contributed by atoms with Gasteiger partial charge >= 0.3 is 0 Å². The Labute approximate surface area is 112 Å². The summed E-state index contributed by atoms with van der Waals surface area (Å²) < 4.78 is 29.2. The van der Waals surface area contributed by atoms with Gasteiger partial charge in [-0.3, -0.25) is 4.40 Å². The highest BCUT2D eigenvalue weighted by atomic mass is 32.2. The summed E-state index contributed by atoms with van der Waals surface area (Å²) in [4.78, 5) is 4.26. The minimum absolute atomic E-state index is 0.125. The third kappa shape index (κ3) is 2.71. The van der Waals surface area contributed by atoms with Crippen molar-refractivity contribution in [1.29, 1.82) is 0 Å². The van der Waals surface area contributed by atoms with Gasteiger partial charge in [-0.05, 0) is 32.9 Å². The quantitative estimate of drug-likeness (QED) is 0.893. The molecule has 0 aliphatic rings. The number of hydrogen-bond acceptors (Lipinski definition) is 4. The van der Waals surface area contributed by atoms with E-state index < -0.39 is 15.6 Å². The second-order valence-electron chi connectivity index (χ2n) is 5.30. The third-order valence-corrected chi connectivity index (χ3v) is 4.20. The Hall–Kier alpha value is -1.60.